The van der Waals surface area contributed by atoms with Gasteiger partial charge in [-0.3, -0.25) is 0 Å². The van der Waals surface area contributed by atoms with E-state index in [-0.39, 0.29) is 13.2 Å². The number of hydrogen-bond donors (Lipinski definition) is 5. The normalized spacial score (nSPS) is 13.9. The Morgan fingerprint density at radius 2 is 1.76 bits per heavy atom. The third kappa shape index (κ3) is 6.98. The van der Waals surface area contributed by atoms with Crippen molar-refractivity contribution in [3.8, 4) is 11.5 Å². The highest BCUT2D eigenvalue weighted by Crippen LogP contribution is 2.29. The zero-order valence-electron chi connectivity index (χ0n) is 13.7. The van der Waals surface area contributed by atoms with Gasteiger partial charge in [0.05, 0.1) is 20.3 Å². The van der Waals surface area contributed by atoms with Gasteiger partial charge in [0.1, 0.15) is 25.4 Å². The van der Waals surface area contributed by atoms with Crippen LogP contribution >= 0.6 is 0 Å². The quantitative estimate of drug-likeness (QED) is 0.254. The summed E-state index contributed by atoms with van der Waals surface area (Å²) < 4.78 is 15.4. The summed E-state index contributed by atoms with van der Waals surface area (Å²) in [4.78, 5) is 11.2. The molecule has 0 spiro atoms. The Balaban J connectivity index is 2.93. The van der Waals surface area contributed by atoms with Crippen LogP contribution in [0.5, 0.6) is 11.5 Å². The fourth-order valence-corrected chi connectivity index (χ4v) is 1.69. The summed E-state index contributed by atoms with van der Waals surface area (Å²) in [5, 5.41) is 45.1. The number of methoxy groups -OCH3 is 1. The molecule has 0 heterocycles. The molecule has 0 aliphatic heterocycles. The van der Waals surface area contributed by atoms with E-state index in [1.54, 1.807) is 0 Å². The van der Waals surface area contributed by atoms with Crippen molar-refractivity contribution in [1.29, 1.82) is 0 Å². The Labute approximate surface area is 144 Å². The zero-order valence-corrected chi connectivity index (χ0v) is 13.7. The van der Waals surface area contributed by atoms with E-state index >= 15 is 0 Å². The molecule has 1 aromatic carbocycles. The van der Waals surface area contributed by atoms with E-state index in [1.807, 2.05) is 0 Å². The number of ether oxygens (including phenoxy) is 3. The van der Waals surface area contributed by atoms with Gasteiger partial charge in [-0.15, -0.1) is 0 Å². The molecule has 0 saturated heterocycles. The summed E-state index contributed by atoms with van der Waals surface area (Å²) in [5.41, 5.74) is 0.433. The molecule has 0 aromatic heterocycles. The van der Waals surface area contributed by atoms with Crippen molar-refractivity contribution in [2.75, 3.05) is 33.5 Å². The Hall–Kier alpha value is -2.33. The van der Waals surface area contributed by atoms with E-state index in [1.165, 1.54) is 31.4 Å². The highest BCUT2D eigenvalue weighted by atomic mass is 16.5. The second-order valence-corrected chi connectivity index (χ2v) is 5.02. The lowest BCUT2D eigenvalue weighted by Gasteiger charge is -2.14. The maximum Gasteiger partial charge on any atom is 0.371 e. The summed E-state index contributed by atoms with van der Waals surface area (Å²) >= 11 is 0. The first kappa shape index (κ1) is 20.7. The number of carboxylic acids is 1. The van der Waals surface area contributed by atoms with Gasteiger partial charge in [0.2, 0.25) is 5.76 Å². The first-order chi connectivity index (χ1) is 11.9. The van der Waals surface area contributed by atoms with Crippen LogP contribution in [0.15, 0.2) is 24.0 Å². The van der Waals surface area contributed by atoms with Crippen molar-refractivity contribution in [3.05, 3.63) is 29.5 Å². The van der Waals surface area contributed by atoms with Crippen molar-refractivity contribution in [2.24, 2.45) is 0 Å². The number of aliphatic hydroxyl groups is 4. The predicted octanol–water partition coefficient (Wildman–Crippen LogP) is -0.778. The molecule has 0 aliphatic carbocycles. The number of benzene rings is 1. The molecule has 1 aromatic rings. The van der Waals surface area contributed by atoms with E-state index in [0.717, 1.165) is 0 Å². The lowest BCUT2D eigenvalue weighted by atomic mass is 10.1. The van der Waals surface area contributed by atoms with E-state index in [4.69, 9.17) is 29.5 Å². The number of aliphatic hydroxyl groups excluding tert-OH is 4. The van der Waals surface area contributed by atoms with Crippen LogP contribution in [0.1, 0.15) is 5.56 Å². The molecule has 2 atom stereocenters. The average molecular weight is 358 g/mol. The molecule has 0 saturated carbocycles. The topological polar surface area (TPSA) is 146 Å². The highest BCUT2D eigenvalue weighted by Gasteiger charge is 2.13. The Kier molecular flexibility index (Phi) is 8.71. The summed E-state index contributed by atoms with van der Waals surface area (Å²) in [6.07, 6.45) is -0.998. The summed E-state index contributed by atoms with van der Waals surface area (Å²) in [7, 11) is 1.39. The average Bonchev–Trinajstić information content (AvgIpc) is 2.62. The van der Waals surface area contributed by atoms with E-state index in [0.29, 0.717) is 17.1 Å². The number of hydrogen-bond acceptors (Lipinski definition) is 8. The van der Waals surface area contributed by atoms with E-state index in [2.05, 4.69) is 0 Å². The molecule has 9 heteroatoms. The minimum absolute atomic E-state index is 0.134. The molecule has 0 radical (unpaired) electrons. The van der Waals surface area contributed by atoms with Gasteiger partial charge < -0.3 is 39.7 Å². The fraction of sp³-hybridized carbons (Fsp3) is 0.438. The van der Waals surface area contributed by atoms with Gasteiger partial charge >= 0.3 is 5.97 Å². The van der Waals surface area contributed by atoms with Crippen LogP contribution in [0, 0.1) is 0 Å². The molecule has 5 N–H and O–H groups in total. The van der Waals surface area contributed by atoms with Crippen LogP contribution in [0.25, 0.3) is 6.08 Å². The first-order valence-corrected chi connectivity index (χ1v) is 7.37. The standard InChI is InChI=1S/C16H22O9/c1-23-14-4-10(2-3-13(14)24-8-11(19)6-17)5-15(16(21)22)25-9-12(20)7-18/h2-5,11-12,17-20H,6-9H2,1H3,(H,21,22). The third-order valence-electron chi connectivity index (χ3n) is 2.98. The van der Waals surface area contributed by atoms with Gasteiger partial charge in [0.25, 0.3) is 0 Å². The van der Waals surface area contributed by atoms with E-state index in [9.17, 15) is 15.0 Å². The van der Waals surface area contributed by atoms with Gasteiger partial charge in [0.15, 0.2) is 11.5 Å². The van der Waals surface area contributed by atoms with Crippen LogP contribution in [-0.2, 0) is 9.53 Å². The van der Waals surface area contributed by atoms with Gasteiger partial charge in [-0.05, 0) is 23.8 Å². The van der Waals surface area contributed by atoms with Gasteiger partial charge in [0, 0.05) is 0 Å². The van der Waals surface area contributed by atoms with Crippen LogP contribution in [0.4, 0.5) is 0 Å². The molecular formula is C16H22O9. The number of carboxylic acid groups (broad SMARTS) is 1. The van der Waals surface area contributed by atoms with Gasteiger partial charge in [-0.2, -0.15) is 0 Å². The number of aliphatic carboxylic acids is 1. The Morgan fingerprint density at radius 1 is 1.12 bits per heavy atom. The molecule has 25 heavy (non-hydrogen) atoms. The van der Waals surface area contributed by atoms with Crippen LogP contribution < -0.4 is 9.47 Å². The lowest BCUT2D eigenvalue weighted by molar-refractivity contribution is -0.137. The lowest BCUT2D eigenvalue weighted by Crippen LogP contribution is -2.21. The molecule has 1 rings (SSSR count). The predicted molar refractivity (Wildman–Crippen MR) is 86.2 cm³/mol. The molecule has 0 fully saturated rings. The number of rotatable bonds is 11. The second-order valence-electron chi connectivity index (χ2n) is 5.02. The Morgan fingerprint density at radius 3 is 2.32 bits per heavy atom. The molecule has 140 valence electrons. The van der Waals surface area contributed by atoms with Crippen molar-refractivity contribution in [2.45, 2.75) is 12.2 Å². The van der Waals surface area contributed by atoms with Crippen molar-refractivity contribution in [3.63, 3.8) is 0 Å². The minimum Gasteiger partial charge on any atom is -0.493 e. The van der Waals surface area contributed by atoms with Crippen LogP contribution in [-0.4, -0.2) is 77.2 Å². The zero-order chi connectivity index (χ0) is 18.8. The molecule has 0 bridgehead atoms. The highest BCUT2D eigenvalue weighted by molar-refractivity contribution is 5.90. The smallest absolute Gasteiger partial charge is 0.371 e. The van der Waals surface area contributed by atoms with Crippen molar-refractivity contribution >= 4 is 12.0 Å². The van der Waals surface area contributed by atoms with Crippen molar-refractivity contribution in [1.82, 2.24) is 0 Å². The minimum atomic E-state index is -1.34. The fourth-order valence-electron chi connectivity index (χ4n) is 1.69. The SMILES string of the molecule is COc1cc(C=C(OCC(O)CO)C(=O)O)ccc1OCC(O)CO. The maximum atomic E-state index is 11.2. The van der Waals surface area contributed by atoms with Crippen molar-refractivity contribution < 1.29 is 44.5 Å². The molecule has 2 unspecified atom stereocenters. The largest absolute Gasteiger partial charge is 0.493 e. The van der Waals surface area contributed by atoms with Gasteiger partial charge in [-0.25, -0.2) is 4.79 Å². The monoisotopic (exact) mass is 358 g/mol. The first-order valence-electron chi connectivity index (χ1n) is 7.37. The maximum absolute atomic E-state index is 11.2. The summed E-state index contributed by atoms with van der Waals surface area (Å²) in [6.45, 7) is -1.49. The molecule has 0 aliphatic rings. The van der Waals surface area contributed by atoms with Crippen LogP contribution in [0.2, 0.25) is 0 Å². The molecule has 9 nitrogen and oxygen atoms in total. The molecule has 0 amide bonds. The van der Waals surface area contributed by atoms with E-state index < -0.39 is 37.2 Å². The number of carbonyl (C=O) groups is 1. The third-order valence-corrected chi connectivity index (χ3v) is 2.98. The Bertz CT molecular complexity index is 585. The van der Waals surface area contributed by atoms with Gasteiger partial charge in [-0.1, -0.05) is 6.07 Å². The van der Waals surface area contributed by atoms with Crippen LogP contribution in [0.3, 0.4) is 0 Å². The second kappa shape index (κ2) is 10.5. The summed E-state index contributed by atoms with van der Waals surface area (Å²) in [6, 6.07) is 4.55. The summed E-state index contributed by atoms with van der Waals surface area (Å²) in [5.74, 6) is -1.16. The molecular weight excluding hydrogens is 336 g/mol.